The van der Waals surface area contributed by atoms with E-state index < -0.39 is 0 Å². The van der Waals surface area contributed by atoms with Crippen LogP contribution in [0.5, 0.6) is 0 Å². The summed E-state index contributed by atoms with van der Waals surface area (Å²) < 4.78 is 5.48. The van der Waals surface area contributed by atoms with Crippen LogP contribution in [0.3, 0.4) is 0 Å². The first-order valence-electron chi connectivity index (χ1n) is 8.68. The summed E-state index contributed by atoms with van der Waals surface area (Å²) >= 11 is 0. The molecule has 0 spiro atoms. The van der Waals surface area contributed by atoms with Crippen LogP contribution in [0.4, 0.5) is 0 Å². The van der Waals surface area contributed by atoms with Crippen molar-refractivity contribution in [1.82, 2.24) is 14.8 Å². The molecule has 0 radical (unpaired) electrons. The zero-order chi connectivity index (χ0) is 16.2. The Labute approximate surface area is 142 Å². The minimum absolute atomic E-state index is 0.912. The molecule has 4 heteroatoms. The SMILES string of the molecule is c1coc(CN2CCCN(Cc3ccc4ccccc4n3)CC2)c1. The number of para-hydroxylation sites is 1. The first-order valence-corrected chi connectivity index (χ1v) is 8.68. The van der Waals surface area contributed by atoms with Gasteiger partial charge >= 0.3 is 0 Å². The number of pyridine rings is 1. The molecule has 24 heavy (non-hydrogen) atoms. The second-order valence-electron chi connectivity index (χ2n) is 6.48. The van der Waals surface area contributed by atoms with Crippen LogP contribution in [0.2, 0.25) is 0 Å². The summed E-state index contributed by atoms with van der Waals surface area (Å²) in [4.78, 5) is 9.80. The van der Waals surface area contributed by atoms with Crippen LogP contribution >= 0.6 is 0 Å². The number of hydrogen-bond acceptors (Lipinski definition) is 4. The molecule has 4 nitrogen and oxygen atoms in total. The molecular weight excluding hydrogens is 298 g/mol. The molecule has 0 saturated carbocycles. The minimum atomic E-state index is 0.912. The van der Waals surface area contributed by atoms with Crippen LogP contribution in [-0.4, -0.2) is 41.0 Å². The molecule has 1 aromatic carbocycles. The number of furan rings is 1. The standard InChI is InChI=1S/C20H23N3O/c1-2-7-20-17(5-1)8-9-18(21-20)15-22-10-4-11-23(13-12-22)16-19-6-3-14-24-19/h1-3,5-9,14H,4,10-13,15-16H2. The highest BCUT2D eigenvalue weighted by Crippen LogP contribution is 2.15. The van der Waals surface area contributed by atoms with Crippen LogP contribution in [-0.2, 0) is 13.1 Å². The molecule has 3 heterocycles. The monoisotopic (exact) mass is 321 g/mol. The molecule has 1 fully saturated rings. The molecule has 124 valence electrons. The van der Waals surface area contributed by atoms with Gasteiger partial charge in [0.25, 0.3) is 0 Å². The van der Waals surface area contributed by atoms with E-state index in [0.717, 1.165) is 56.2 Å². The van der Waals surface area contributed by atoms with Crippen molar-refractivity contribution < 1.29 is 4.42 Å². The molecule has 0 unspecified atom stereocenters. The zero-order valence-corrected chi connectivity index (χ0v) is 13.9. The Morgan fingerprint density at radius 3 is 2.50 bits per heavy atom. The highest BCUT2D eigenvalue weighted by molar-refractivity contribution is 5.78. The average molecular weight is 321 g/mol. The Kier molecular flexibility index (Phi) is 4.58. The fourth-order valence-corrected chi connectivity index (χ4v) is 3.39. The van der Waals surface area contributed by atoms with Gasteiger partial charge in [-0.3, -0.25) is 14.8 Å². The highest BCUT2D eigenvalue weighted by atomic mass is 16.3. The summed E-state index contributed by atoms with van der Waals surface area (Å²) in [5.41, 5.74) is 2.25. The van der Waals surface area contributed by atoms with E-state index in [-0.39, 0.29) is 0 Å². The van der Waals surface area contributed by atoms with E-state index in [1.807, 2.05) is 6.07 Å². The van der Waals surface area contributed by atoms with E-state index in [0.29, 0.717) is 0 Å². The average Bonchev–Trinajstić information content (AvgIpc) is 3.02. The molecular formula is C20H23N3O. The summed E-state index contributed by atoms with van der Waals surface area (Å²) in [5.74, 6) is 1.06. The lowest BCUT2D eigenvalue weighted by atomic mass is 10.2. The van der Waals surface area contributed by atoms with Gasteiger partial charge in [-0.15, -0.1) is 0 Å². The van der Waals surface area contributed by atoms with Crippen molar-refractivity contribution in [1.29, 1.82) is 0 Å². The fraction of sp³-hybridized carbons (Fsp3) is 0.350. The van der Waals surface area contributed by atoms with Gasteiger partial charge in [-0.25, -0.2) is 0 Å². The molecule has 1 aliphatic rings. The highest BCUT2D eigenvalue weighted by Gasteiger charge is 2.16. The Bertz CT molecular complexity index is 784. The predicted molar refractivity (Wildman–Crippen MR) is 95.6 cm³/mol. The van der Waals surface area contributed by atoms with E-state index in [9.17, 15) is 0 Å². The maximum atomic E-state index is 5.48. The molecule has 2 aromatic heterocycles. The van der Waals surface area contributed by atoms with Crippen molar-refractivity contribution in [3.05, 3.63) is 66.2 Å². The zero-order valence-electron chi connectivity index (χ0n) is 13.9. The smallest absolute Gasteiger partial charge is 0.117 e. The minimum Gasteiger partial charge on any atom is -0.468 e. The van der Waals surface area contributed by atoms with Crippen molar-refractivity contribution in [3.8, 4) is 0 Å². The van der Waals surface area contributed by atoms with Gasteiger partial charge < -0.3 is 4.42 Å². The normalized spacial score (nSPS) is 17.2. The van der Waals surface area contributed by atoms with Gasteiger partial charge in [0, 0.05) is 25.0 Å². The van der Waals surface area contributed by atoms with Gasteiger partial charge in [0.1, 0.15) is 5.76 Å². The van der Waals surface area contributed by atoms with E-state index in [1.165, 1.54) is 11.8 Å². The van der Waals surface area contributed by atoms with Crippen molar-refractivity contribution >= 4 is 10.9 Å². The predicted octanol–water partition coefficient (Wildman–Crippen LogP) is 3.54. The van der Waals surface area contributed by atoms with Gasteiger partial charge in [-0.2, -0.15) is 0 Å². The molecule has 1 saturated heterocycles. The second kappa shape index (κ2) is 7.16. The molecule has 4 rings (SSSR count). The third-order valence-corrected chi connectivity index (χ3v) is 4.68. The van der Waals surface area contributed by atoms with Crippen LogP contribution in [0.15, 0.2) is 59.2 Å². The van der Waals surface area contributed by atoms with Gasteiger partial charge in [0.05, 0.1) is 24.0 Å². The molecule has 0 amide bonds. The second-order valence-corrected chi connectivity index (χ2v) is 6.48. The van der Waals surface area contributed by atoms with Gasteiger partial charge in [-0.1, -0.05) is 24.3 Å². The number of hydrogen-bond donors (Lipinski definition) is 0. The van der Waals surface area contributed by atoms with Crippen molar-refractivity contribution in [2.75, 3.05) is 26.2 Å². The van der Waals surface area contributed by atoms with Crippen molar-refractivity contribution in [2.45, 2.75) is 19.5 Å². The quantitative estimate of drug-likeness (QED) is 0.736. The fourth-order valence-electron chi connectivity index (χ4n) is 3.39. The Balaban J connectivity index is 1.38. The Hall–Kier alpha value is -2.17. The summed E-state index contributed by atoms with van der Waals surface area (Å²) in [6.07, 6.45) is 2.94. The number of fused-ring (bicyclic) bond motifs is 1. The molecule has 1 aliphatic heterocycles. The van der Waals surface area contributed by atoms with E-state index >= 15 is 0 Å². The van der Waals surface area contributed by atoms with E-state index in [2.05, 4.69) is 52.3 Å². The molecule has 0 aliphatic carbocycles. The summed E-state index contributed by atoms with van der Waals surface area (Å²) in [7, 11) is 0. The first-order chi connectivity index (χ1) is 11.9. The van der Waals surface area contributed by atoms with Crippen molar-refractivity contribution in [2.24, 2.45) is 0 Å². The van der Waals surface area contributed by atoms with E-state index in [1.54, 1.807) is 6.26 Å². The van der Waals surface area contributed by atoms with Gasteiger partial charge in [-0.05, 0) is 43.8 Å². The molecule has 0 atom stereocenters. The van der Waals surface area contributed by atoms with Crippen LogP contribution in [0.25, 0.3) is 10.9 Å². The third kappa shape index (κ3) is 3.66. The summed E-state index contributed by atoms with van der Waals surface area (Å²) in [6, 6.07) is 16.7. The lowest BCUT2D eigenvalue weighted by Gasteiger charge is -2.21. The number of aromatic nitrogens is 1. The van der Waals surface area contributed by atoms with Crippen LogP contribution in [0, 0.1) is 0 Å². The topological polar surface area (TPSA) is 32.5 Å². The Morgan fingerprint density at radius 2 is 1.67 bits per heavy atom. The maximum Gasteiger partial charge on any atom is 0.117 e. The van der Waals surface area contributed by atoms with E-state index in [4.69, 9.17) is 9.40 Å². The third-order valence-electron chi connectivity index (χ3n) is 4.68. The first kappa shape index (κ1) is 15.4. The summed E-state index contributed by atoms with van der Waals surface area (Å²) in [5, 5.41) is 1.21. The number of rotatable bonds is 4. The number of benzene rings is 1. The number of nitrogens with zero attached hydrogens (tertiary/aromatic N) is 3. The lowest BCUT2D eigenvalue weighted by molar-refractivity contribution is 0.233. The van der Waals surface area contributed by atoms with Gasteiger partial charge in [0.15, 0.2) is 0 Å². The van der Waals surface area contributed by atoms with Crippen LogP contribution < -0.4 is 0 Å². The molecule has 0 N–H and O–H groups in total. The van der Waals surface area contributed by atoms with Crippen molar-refractivity contribution in [3.63, 3.8) is 0 Å². The lowest BCUT2D eigenvalue weighted by Crippen LogP contribution is -2.30. The van der Waals surface area contributed by atoms with Gasteiger partial charge in [0.2, 0.25) is 0 Å². The largest absolute Gasteiger partial charge is 0.468 e. The molecule has 3 aromatic rings. The maximum absolute atomic E-state index is 5.48. The molecule has 0 bridgehead atoms. The van der Waals surface area contributed by atoms with Crippen LogP contribution in [0.1, 0.15) is 17.9 Å². The Morgan fingerprint density at radius 1 is 0.833 bits per heavy atom. The summed E-state index contributed by atoms with van der Waals surface area (Å²) in [6.45, 7) is 6.25.